The summed E-state index contributed by atoms with van der Waals surface area (Å²) in [6.45, 7) is 3.64. The lowest BCUT2D eigenvalue weighted by Gasteiger charge is -2.13. The van der Waals surface area contributed by atoms with E-state index >= 15 is 0 Å². The molecular weight excluding hydrogens is 212 g/mol. The minimum absolute atomic E-state index is 0.00689. The first-order chi connectivity index (χ1) is 8.11. The average molecular weight is 231 g/mol. The Morgan fingerprint density at radius 2 is 2.06 bits per heavy atom. The predicted octanol–water partition coefficient (Wildman–Crippen LogP) is -0.241. The Labute approximate surface area is 103 Å². The maximum Gasteiger partial charge on any atom is 0.275 e. The molecule has 1 aromatic carbocycles. The zero-order valence-corrected chi connectivity index (χ0v) is 10.4. The van der Waals surface area contributed by atoms with Gasteiger partial charge < -0.3 is 10.2 Å². The SMILES string of the molecule is C#CCNC(=O)C[NH+](C)Cc1ccc(C)cc1. The highest BCUT2D eigenvalue weighted by molar-refractivity contribution is 5.77. The van der Waals surface area contributed by atoms with Crippen molar-refractivity contribution < 1.29 is 9.69 Å². The van der Waals surface area contributed by atoms with Crippen LogP contribution < -0.4 is 10.2 Å². The van der Waals surface area contributed by atoms with Crippen LogP contribution >= 0.6 is 0 Å². The van der Waals surface area contributed by atoms with Crippen LogP contribution in [0.2, 0.25) is 0 Å². The molecule has 1 atom stereocenters. The van der Waals surface area contributed by atoms with Gasteiger partial charge >= 0.3 is 0 Å². The molecule has 0 aliphatic rings. The maximum atomic E-state index is 11.4. The Morgan fingerprint density at radius 3 is 2.65 bits per heavy atom. The van der Waals surface area contributed by atoms with Gasteiger partial charge in [0.15, 0.2) is 6.54 Å². The van der Waals surface area contributed by atoms with Gasteiger partial charge in [0.2, 0.25) is 0 Å². The van der Waals surface area contributed by atoms with E-state index in [2.05, 4.69) is 42.4 Å². The van der Waals surface area contributed by atoms with Crippen LogP contribution in [0.4, 0.5) is 0 Å². The number of nitrogens with one attached hydrogen (secondary N) is 2. The largest absolute Gasteiger partial charge is 0.340 e. The summed E-state index contributed by atoms with van der Waals surface area (Å²) in [5.41, 5.74) is 2.48. The van der Waals surface area contributed by atoms with Crippen LogP contribution in [0.5, 0.6) is 0 Å². The molecule has 90 valence electrons. The minimum atomic E-state index is -0.00689. The quantitative estimate of drug-likeness (QED) is 0.674. The molecule has 0 aliphatic heterocycles. The second-order valence-electron chi connectivity index (χ2n) is 4.28. The summed E-state index contributed by atoms with van der Waals surface area (Å²) in [6.07, 6.45) is 5.07. The van der Waals surface area contributed by atoms with Gasteiger partial charge in [-0.1, -0.05) is 35.7 Å². The number of hydrogen-bond acceptors (Lipinski definition) is 1. The molecule has 0 spiro atoms. The fraction of sp³-hybridized carbons (Fsp3) is 0.357. The molecule has 3 nitrogen and oxygen atoms in total. The molecule has 0 saturated heterocycles. The van der Waals surface area contributed by atoms with Gasteiger partial charge in [0.1, 0.15) is 6.54 Å². The highest BCUT2D eigenvalue weighted by Gasteiger charge is 2.09. The third-order valence-corrected chi connectivity index (χ3v) is 2.48. The summed E-state index contributed by atoms with van der Waals surface area (Å²) >= 11 is 0. The summed E-state index contributed by atoms with van der Waals surface area (Å²) < 4.78 is 0. The Hall–Kier alpha value is -1.79. The van der Waals surface area contributed by atoms with E-state index < -0.39 is 0 Å². The van der Waals surface area contributed by atoms with Crippen LogP contribution in [0.25, 0.3) is 0 Å². The molecular formula is C14H19N2O+. The lowest BCUT2D eigenvalue weighted by Crippen LogP contribution is -3.08. The van der Waals surface area contributed by atoms with Crippen molar-refractivity contribution in [1.29, 1.82) is 0 Å². The van der Waals surface area contributed by atoms with Gasteiger partial charge in [0, 0.05) is 5.56 Å². The normalized spacial score (nSPS) is 11.6. The molecule has 0 aliphatic carbocycles. The van der Waals surface area contributed by atoms with E-state index in [0.29, 0.717) is 13.1 Å². The molecule has 3 heteroatoms. The number of aryl methyl sites for hydroxylation is 1. The first-order valence-electron chi connectivity index (χ1n) is 5.69. The standard InChI is InChI=1S/C14H18N2O/c1-4-9-15-14(17)11-16(3)10-13-7-5-12(2)6-8-13/h1,5-8H,9-11H2,2-3H3,(H,15,17)/p+1. The topological polar surface area (TPSA) is 33.5 Å². The second-order valence-corrected chi connectivity index (χ2v) is 4.28. The Morgan fingerprint density at radius 1 is 1.41 bits per heavy atom. The molecule has 17 heavy (non-hydrogen) atoms. The lowest BCUT2D eigenvalue weighted by atomic mass is 10.1. The van der Waals surface area contributed by atoms with E-state index in [0.717, 1.165) is 11.4 Å². The molecule has 0 saturated carbocycles. The van der Waals surface area contributed by atoms with E-state index in [1.165, 1.54) is 11.1 Å². The van der Waals surface area contributed by atoms with Crippen LogP contribution in [-0.2, 0) is 11.3 Å². The Kier molecular flexibility index (Phi) is 5.25. The number of quaternary nitrogens is 1. The number of rotatable bonds is 5. The smallest absolute Gasteiger partial charge is 0.275 e. The van der Waals surface area contributed by atoms with Crippen LogP contribution in [0.3, 0.4) is 0 Å². The molecule has 1 aromatic rings. The number of carbonyl (C=O) groups excluding carboxylic acids is 1. The molecule has 1 amide bonds. The van der Waals surface area contributed by atoms with Crippen LogP contribution in [0, 0.1) is 19.3 Å². The molecule has 0 aromatic heterocycles. The zero-order valence-electron chi connectivity index (χ0n) is 10.4. The van der Waals surface area contributed by atoms with Crippen molar-refractivity contribution in [2.75, 3.05) is 20.1 Å². The maximum absolute atomic E-state index is 11.4. The first kappa shape index (κ1) is 13.3. The molecule has 0 fully saturated rings. The van der Waals surface area contributed by atoms with Gasteiger partial charge in [-0.05, 0) is 6.92 Å². The van der Waals surface area contributed by atoms with Gasteiger partial charge in [-0.2, -0.15) is 0 Å². The Bertz CT molecular complexity index is 403. The second kappa shape index (κ2) is 6.72. The molecule has 0 bridgehead atoms. The van der Waals surface area contributed by atoms with Gasteiger partial charge in [-0.3, -0.25) is 4.79 Å². The third kappa shape index (κ3) is 5.19. The molecule has 2 N–H and O–H groups in total. The van der Waals surface area contributed by atoms with E-state index in [9.17, 15) is 4.79 Å². The van der Waals surface area contributed by atoms with Gasteiger partial charge in [0.05, 0.1) is 13.6 Å². The van der Waals surface area contributed by atoms with Crippen molar-refractivity contribution in [3.8, 4) is 12.3 Å². The minimum Gasteiger partial charge on any atom is -0.340 e. The zero-order chi connectivity index (χ0) is 12.7. The van der Waals surface area contributed by atoms with E-state index in [4.69, 9.17) is 6.42 Å². The predicted molar refractivity (Wildman–Crippen MR) is 68.5 cm³/mol. The fourth-order valence-electron chi connectivity index (χ4n) is 1.60. The van der Waals surface area contributed by atoms with Crippen LogP contribution in [-0.4, -0.2) is 26.0 Å². The summed E-state index contributed by atoms with van der Waals surface area (Å²) in [5.74, 6) is 2.38. The van der Waals surface area contributed by atoms with Crippen molar-refractivity contribution in [3.05, 3.63) is 35.4 Å². The van der Waals surface area contributed by atoms with Gasteiger partial charge in [-0.25, -0.2) is 0 Å². The van der Waals surface area contributed by atoms with E-state index in [1.807, 2.05) is 7.05 Å². The van der Waals surface area contributed by atoms with Crippen molar-refractivity contribution in [2.24, 2.45) is 0 Å². The molecule has 0 heterocycles. The average Bonchev–Trinajstić information content (AvgIpc) is 2.29. The number of carbonyl (C=O) groups is 1. The van der Waals surface area contributed by atoms with Crippen LogP contribution in [0.1, 0.15) is 11.1 Å². The first-order valence-corrected chi connectivity index (χ1v) is 5.69. The van der Waals surface area contributed by atoms with Gasteiger partial charge in [0.25, 0.3) is 5.91 Å². The molecule has 1 unspecified atom stereocenters. The fourth-order valence-corrected chi connectivity index (χ4v) is 1.60. The van der Waals surface area contributed by atoms with Crippen molar-refractivity contribution in [2.45, 2.75) is 13.5 Å². The highest BCUT2D eigenvalue weighted by Crippen LogP contribution is 2.00. The van der Waals surface area contributed by atoms with Crippen molar-refractivity contribution in [1.82, 2.24) is 5.32 Å². The summed E-state index contributed by atoms with van der Waals surface area (Å²) in [4.78, 5) is 12.6. The van der Waals surface area contributed by atoms with Crippen molar-refractivity contribution in [3.63, 3.8) is 0 Å². The summed E-state index contributed by atoms with van der Waals surface area (Å²) in [7, 11) is 2.00. The monoisotopic (exact) mass is 231 g/mol. The number of hydrogen-bond donors (Lipinski definition) is 2. The molecule has 1 rings (SSSR count). The molecule has 0 radical (unpaired) electrons. The number of amides is 1. The number of likely N-dealkylation sites (N-methyl/N-ethyl adjacent to an activating group) is 1. The Balaban J connectivity index is 2.39. The highest BCUT2D eigenvalue weighted by atomic mass is 16.1. The number of terminal acetylenes is 1. The summed E-state index contributed by atoms with van der Waals surface area (Å²) in [5, 5.41) is 2.66. The lowest BCUT2D eigenvalue weighted by molar-refractivity contribution is -0.885. The van der Waals surface area contributed by atoms with E-state index in [1.54, 1.807) is 0 Å². The van der Waals surface area contributed by atoms with E-state index in [-0.39, 0.29) is 5.91 Å². The van der Waals surface area contributed by atoms with Crippen molar-refractivity contribution >= 4 is 5.91 Å². The summed E-state index contributed by atoms with van der Waals surface area (Å²) in [6, 6.07) is 8.36. The van der Waals surface area contributed by atoms with Gasteiger partial charge in [-0.15, -0.1) is 6.42 Å². The third-order valence-electron chi connectivity index (χ3n) is 2.48. The van der Waals surface area contributed by atoms with Crippen LogP contribution in [0.15, 0.2) is 24.3 Å². The number of benzene rings is 1.